The number of esters is 1. The predicted octanol–water partition coefficient (Wildman–Crippen LogP) is 3.22. The molecule has 2 aromatic rings. The maximum atomic E-state index is 12.4. The van der Waals surface area contributed by atoms with Gasteiger partial charge in [-0.25, -0.2) is 4.79 Å². The Morgan fingerprint density at radius 1 is 1.12 bits per heavy atom. The molecule has 0 saturated carbocycles. The third kappa shape index (κ3) is 5.49. The van der Waals surface area contributed by atoms with E-state index in [-0.39, 0.29) is 18.2 Å². The third-order valence-corrected chi connectivity index (χ3v) is 3.44. The van der Waals surface area contributed by atoms with Gasteiger partial charge in [0.1, 0.15) is 18.1 Å². The van der Waals surface area contributed by atoms with Crippen LogP contribution in [-0.2, 0) is 20.9 Å². The van der Waals surface area contributed by atoms with Gasteiger partial charge in [0.2, 0.25) is 5.91 Å². The van der Waals surface area contributed by atoms with Crippen LogP contribution in [0.5, 0.6) is 5.75 Å². The first-order valence-corrected chi connectivity index (χ1v) is 7.84. The molecule has 0 bridgehead atoms. The van der Waals surface area contributed by atoms with E-state index in [0.717, 1.165) is 16.7 Å². The first-order valence-electron chi connectivity index (χ1n) is 7.84. The molecule has 0 unspecified atom stereocenters. The van der Waals surface area contributed by atoms with E-state index in [0.29, 0.717) is 5.75 Å². The summed E-state index contributed by atoms with van der Waals surface area (Å²) >= 11 is 0. The number of aryl methyl sites for hydroxylation is 1. The predicted molar refractivity (Wildman–Crippen MR) is 95.8 cm³/mol. The maximum absolute atomic E-state index is 12.4. The number of carbonyl (C=O) groups is 2. The number of rotatable bonds is 6. The monoisotopic (exact) mass is 339 g/mol. The van der Waals surface area contributed by atoms with Gasteiger partial charge in [-0.05, 0) is 30.7 Å². The van der Waals surface area contributed by atoms with Crippen LogP contribution in [0, 0.1) is 6.92 Å². The van der Waals surface area contributed by atoms with Crippen LogP contribution in [0.2, 0.25) is 0 Å². The number of hydrogen-bond donors (Lipinski definition) is 1. The Kier molecular flexibility index (Phi) is 6.34. The van der Waals surface area contributed by atoms with E-state index >= 15 is 0 Å². The summed E-state index contributed by atoms with van der Waals surface area (Å²) in [5.41, 5.74) is 2.67. The summed E-state index contributed by atoms with van der Waals surface area (Å²) in [6.45, 7) is 3.34. The molecule has 130 valence electrons. The molecule has 0 aliphatic carbocycles. The Morgan fingerprint density at radius 2 is 1.84 bits per heavy atom. The van der Waals surface area contributed by atoms with Crippen LogP contribution in [0.3, 0.4) is 0 Å². The van der Waals surface area contributed by atoms with E-state index in [1.165, 1.54) is 6.92 Å². The molecule has 5 heteroatoms. The molecule has 2 aromatic carbocycles. The molecule has 0 heterocycles. The molecule has 1 N–H and O–H groups in total. The zero-order valence-corrected chi connectivity index (χ0v) is 14.5. The molecule has 1 amide bonds. The van der Waals surface area contributed by atoms with Crippen LogP contribution in [-0.4, -0.2) is 19.0 Å². The highest BCUT2D eigenvalue weighted by Gasteiger charge is 2.14. The molecule has 0 aromatic heterocycles. The van der Waals surface area contributed by atoms with Crippen molar-refractivity contribution in [3.8, 4) is 5.75 Å². The molecule has 0 aliphatic heterocycles. The standard InChI is InChI=1S/C20H21NO4/c1-14-9-10-19(24-3)17(11-14)13-25-20(23)18(21-15(2)22)12-16-7-5-4-6-8-16/h4-12H,13H2,1-3H3,(H,21,22)/b18-12-. The maximum Gasteiger partial charge on any atom is 0.355 e. The minimum atomic E-state index is -0.609. The van der Waals surface area contributed by atoms with E-state index in [1.54, 1.807) is 13.2 Å². The molecule has 25 heavy (non-hydrogen) atoms. The minimum Gasteiger partial charge on any atom is -0.496 e. The van der Waals surface area contributed by atoms with Crippen LogP contribution < -0.4 is 10.1 Å². The van der Waals surface area contributed by atoms with Crippen molar-refractivity contribution in [2.45, 2.75) is 20.5 Å². The summed E-state index contributed by atoms with van der Waals surface area (Å²) in [6, 6.07) is 14.9. The smallest absolute Gasteiger partial charge is 0.355 e. The number of hydrogen-bond acceptors (Lipinski definition) is 4. The van der Waals surface area contributed by atoms with Crippen LogP contribution in [0.25, 0.3) is 6.08 Å². The van der Waals surface area contributed by atoms with Gasteiger partial charge in [0.25, 0.3) is 0 Å². The zero-order valence-electron chi connectivity index (χ0n) is 14.5. The van der Waals surface area contributed by atoms with Crippen molar-refractivity contribution in [2.24, 2.45) is 0 Å². The van der Waals surface area contributed by atoms with Crippen molar-refractivity contribution in [1.82, 2.24) is 5.32 Å². The van der Waals surface area contributed by atoms with Gasteiger partial charge >= 0.3 is 5.97 Å². The lowest BCUT2D eigenvalue weighted by atomic mass is 10.1. The van der Waals surface area contributed by atoms with Crippen LogP contribution in [0.15, 0.2) is 54.2 Å². The molecule has 0 radical (unpaired) electrons. The van der Waals surface area contributed by atoms with Crippen LogP contribution in [0.1, 0.15) is 23.6 Å². The van der Waals surface area contributed by atoms with Gasteiger partial charge in [-0.1, -0.05) is 42.0 Å². The van der Waals surface area contributed by atoms with Crippen molar-refractivity contribution >= 4 is 18.0 Å². The quantitative estimate of drug-likeness (QED) is 0.648. The lowest BCUT2D eigenvalue weighted by Crippen LogP contribution is -2.26. The van der Waals surface area contributed by atoms with Crippen molar-refractivity contribution in [2.75, 3.05) is 7.11 Å². The van der Waals surface area contributed by atoms with Crippen molar-refractivity contribution in [3.05, 3.63) is 70.9 Å². The number of ether oxygens (including phenoxy) is 2. The van der Waals surface area contributed by atoms with Gasteiger partial charge in [-0.3, -0.25) is 4.79 Å². The van der Waals surface area contributed by atoms with E-state index in [4.69, 9.17) is 9.47 Å². The molecule has 0 atom stereocenters. The first kappa shape index (κ1) is 18.3. The Hall–Kier alpha value is -3.08. The van der Waals surface area contributed by atoms with Gasteiger partial charge in [-0.15, -0.1) is 0 Å². The van der Waals surface area contributed by atoms with E-state index in [1.807, 2.05) is 55.5 Å². The Balaban J connectivity index is 2.16. The molecule has 0 fully saturated rings. The highest BCUT2D eigenvalue weighted by atomic mass is 16.5. The minimum absolute atomic E-state index is 0.0510. The summed E-state index contributed by atoms with van der Waals surface area (Å²) < 4.78 is 10.6. The average Bonchev–Trinajstić information content (AvgIpc) is 2.59. The zero-order chi connectivity index (χ0) is 18.2. The second-order valence-electron chi connectivity index (χ2n) is 5.54. The Morgan fingerprint density at radius 3 is 2.48 bits per heavy atom. The highest BCUT2D eigenvalue weighted by Crippen LogP contribution is 2.21. The van der Waals surface area contributed by atoms with Gasteiger partial charge in [0.05, 0.1) is 7.11 Å². The molecule has 0 saturated heterocycles. The molecule has 5 nitrogen and oxygen atoms in total. The van der Waals surface area contributed by atoms with Crippen molar-refractivity contribution in [3.63, 3.8) is 0 Å². The third-order valence-electron chi connectivity index (χ3n) is 3.44. The summed E-state index contributed by atoms with van der Waals surface area (Å²) in [6.07, 6.45) is 1.58. The Bertz CT molecular complexity index is 782. The normalized spacial score (nSPS) is 10.9. The molecular formula is C20H21NO4. The Labute approximate surface area is 147 Å². The lowest BCUT2D eigenvalue weighted by molar-refractivity contribution is -0.141. The lowest BCUT2D eigenvalue weighted by Gasteiger charge is -2.12. The van der Waals surface area contributed by atoms with E-state index < -0.39 is 5.97 Å². The number of methoxy groups -OCH3 is 1. The summed E-state index contributed by atoms with van der Waals surface area (Å²) in [7, 11) is 1.56. The van der Waals surface area contributed by atoms with Gasteiger partial charge in [-0.2, -0.15) is 0 Å². The highest BCUT2D eigenvalue weighted by molar-refractivity contribution is 5.97. The molecule has 2 rings (SSSR count). The van der Waals surface area contributed by atoms with Crippen molar-refractivity contribution < 1.29 is 19.1 Å². The summed E-state index contributed by atoms with van der Waals surface area (Å²) in [5.74, 6) is -0.304. The van der Waals surface area contributed by atoms with Gasteiger partial charge in [0, 0.05) is 12.5 Å². The number of carbonyl (C=O) groups excluding carboxylic acids is 2. The molecule has 0 aliphatic rings. The average molecular weight is 339 g/mol. The molecule has 0 spiro atoms. The van der Waals surface area contributed by atoms with Crippen molar-refractivity contribution in [1.29, 1.82) is 0 Å². The topological polar surface area (TPSA) is 64.6 Å². The van der Waals surface area contributed by atoms with E-state index in [2.05, 4.69) is 5.32 Å². The fraction of sp³-hybridized carbons (Fsp3) is 0.200. The number of nitrogens with one attached hydrogen (secondary N) is 1. The molecular weight excluding hydrogens is 318 g/mol. The summed E-state index contributed by atoms with van der Waals surface area (Å²) in [5, 5.41) is 2.52. The van der Waals surface area contributed by atoms with Crippen LogP contribution in [0.4, 0.5) is 0 Å². The SMILES string of the molecule is COc1ccc(C)cc1COC(=O)/C(=C/c1ccccc1)NC(C)=O. The van der Waals surface area contributed by atoms with Crippen LogP contribution >= 0.6 is 0 Å². The summed E-state index contributed by atoms with van der Waals surface area (Å²) in [4.78, 5) is 23.8. The largest absolute Gasteiger partial charge is 0.496 e. The first-order chi connectivity index (χ1) is 12.0. The number of benzene rings is 2. The van der Waals surface area contributed by atoms with Gasteiger partial charge in [0.15, 0.2) is 0 Å². The fourth-order valence-electron chi connectivity index (χ4n) is 2.29. The fourth-order valence-corrected chi connectivity index (χ4v) is 2.29. The second kappa shape index (κ2) is 8.68. The second-order valence-corrected chi connectivity index (χ2v) is 5.54. The van der Waals surface area contributed by atoms with E-state index in [9.17, 15) is 9.59 Å². The number of amides is 1. The van der Waals surface area contributed by atoms with Gasteiger partial charge < -0.3 is 14.8 Å².